The second-order valence-electron chi connectivity index (χ2n) is 8.41. The number of piperidine rings is 1. The first-order valence-electron chi connectivity index (χ1n) is 11.2. The lowest BCUT2D eigenvalue weighted by Crippen LogP contribution is -2.38. The van der Waals surface area contributed by atoms with Crippen molar-refractivity contribution >= 4 is 34.9 Å². The van der Waals surface area contributed by atoms with Gasteiger partial charge in [0, 0.05) is 32.2 Å². The van der Waals surface area contributed by atoms with Crippen LogP contribution in [-0.4, -0.2) is 54.5 Å². The minimum absolute atomic E-state index is 0.0895. The van der Waals surface area contributed by atoms with Gasteiger partial charge in [-0.05, 0) is 43.5 Å². The Balaban J connectivity index is 1.51. The molecule has 2 aromatic rings. The van der Waals surface area contributed by atoms with Crippen molar-refractivity contribution in [3.05, 3.63) is 42.0 Å². The molecule has 2 fully saturated rings. The quantitative estimate of drug-likeness (QED) is 0.684. The van der Waals surface area contributed by atoms with Crippen LogP contribution < -0.4 is 20.4 Å². The van der Waals surface area contributed by atoms with Crippen molar-refractivity contribution in [2.75, 3.05) is 54.5 Å². The Morgan fingerprint density at radius 3 is 2.29 bits per heavy atom. The smallest absolute Gasteiger partial charge is 0.232 e. The second kappa shape index (κ2) is 10.2. The highest BCUT2D eigenvalue weighted by atomic mass is 32.1. The molecule has 31 heavy (non-hydrogen) atoms. The van der Waals surface area contributed by atoms with Gasteiger partial charge in [-0.25, -0.2) is 0 Å². The number of rotatable bonds is 5. The summed E-state index contributed by atoms with van der Waals surface area (Å²) in [5.41, 5.74) is 1.18. The number of ether oxygens (including phenoxy) is 1. The molecule has 0 amide bonds. The van der Waals surface area contributed by atoms with Gasteiger partial charge in [-0.3, -0.25) is 0 Å². The van der Waals surface area contributed by atoms with Crippen LogP contribution in [0.25, 0.3) is 0 Å². The van der Waals surface area contributed by atoms with E-state index < -0.39 is 0 Å². The van der Waals surface area contributed by atoms with Gasteiger partial charge >= 0.3 is 0 Å². The molecule has 0 saturated carbocycles. The Bertz CT molecular complexity index is 866. The molecule has 1 atom stereocenters. The highest BCUT2D eigenvalue weighted by molar-refractivity contribution is 7.80. The first-order chi connectivity index (χ1) is 15.1. The van der Waals surface area contributed by atoms with E-state index in [4.69, 9.17) is 26.9 Å². The van der Waals surface area contributed by atoms with Gasteiger partial charge in [0.1, 0.15) is 11.6 Å². The lowest BCUT2D eigenvalue weighted by atomic mass is 9.99. The Morgan fingerprint density at radius 2 is 1.65 bits per heavy atom. The van der Waals surface area contributed by atoms with Crippen molar-refractivity contribution in [1.29, 1.82) is 0 Å². The van der Waals surface area contributed by atoms with Crippen LogP contribution >= 0.6 is 12.2 Å². The van der Waals surface area contributed by atoms with E-state index in [0.717, 1.165) is 56.9 Å². The zero-order valence-corrected chi connectivity index (χ0v) is 19.2. The highest BCUT2D eigenvalue weighted by Gasteiger charge is 2.21. The number of nitrogens with zero attached hydrogens (tertiary/aromatic N) is 4. The van der Waals surface area contributed by atoms with Crippen LogP contribution in [0.2, 0.25) is 0 Å². The van der Waals surface area contributed by atoms with Crippen LogP contribution in [0.3, 0.4) is 0 Å². The molecule has 3 heterocycles. The Hall–Kier alpha value is -2.45. The molecule has 4 rings (SSSR count). The average molecular weight is 441 g/mol. The molecule has 7 nitrogen and oxygen atoms in total. The zero-order valence-electron chi connectivity index (χ0n) is 18.4. The Morgan fingerprint density at radius 1 is 1.03 bits per heavy atom. The first-order valence-corrected chi connectivity index (χ1v) is 11.6. The fourth-order valence-corrected chi connectivity index (χ4v) is 4.26. The monoisotopic (exact) mass is 440 g/mol. The molecule has 2 N–H and O–H groups in total. The van der Waals surface area contributed by atoms with Crippen molar-refractivity contribution in [3.8, 4) is 0 Å². The summed E-state index contributed by atoms with van der Waals surface area (Å²) >= 11 is 5.58. The molecule has 1 aromatic heterocycles. The van der Waals surface area contributed by atoms with Gasteiger partial charge in [0.15, 0.2) is 5.11 Å². The number of thiocarbonyl (C=S) groups is 1. The molecule has 8 heteroatoms. The third-order valence-electron chi connectivity index (χ3n) is 6.01. The van der Waals surface area contributed by atoms with Gasteiger partial charge in [0.05, 0.1) is 19.3 Å². The normalized spacial score (nSPS) is 18.5. The molecular weight excluding hydrogens is 408 g/mol. The van der Waals surface area contributed by atoms with E-state index in [2.05, 4.69) is 52.5 Å². The molecule has 0 aliphatic carbocycles. The van der Waals surface area contributed by atoms with Crippen LogP contribution in [0, 0.1) is 5.92 Å². The molecule has 0 spiro atoms. The van der Waals surface area contributed by atoms with Gasteiger partial charge in [0.25, 0.3) is 0 Å². The van der Waals surface area contributed by atoms with Crippen LogP contribution in [0.15, 0.2) is 36.4 Å². The largest absolute Gasteiger partial charge is 0.378 e. The maximum atomic E-state index is 5.58. The third-order valence-corrected chi connectivity index (χ3v) is 6.23. The van der Waals surface area contributed by atoms with E-state index in [0.29, 0.717) is 11.1 Å². The van der Waals surface area contributed by atoms with Crippen molar-refractivity contribution in [1.82, 2.24) is 15.3 Å². The maximum Gasteiger partial charge on any atom is 0.232 e. The number of aromatic nitrogens is 2. The van der Waals surface area contributed by atoms with Gasteiger partial charge in [-0.1, -0.05) is 37.3 Å². The molecular formula is C23H32N6OS. The van der Waals surface area contributed by atoms with E-state index in [9.17, 15) is 0 Å². The van der Waals surface area contributed by atoms with Crippen LogP contribution in [-0.2, 0) is 4.74 Å². The summed E-state index contributed by atoms with van der Waals surface area (Å²) in [7, 11) is 0. The van der Waals surface area contributed by atoms with E-state index in [-0.39, 0.29) is 6.04 Å². The predicted octanol–water partition coefficient (Wildman–Crippen LogP) is 3.60. The van der Waals surface area contributed by atoms with Gasteiger partial charge in [0.2, 0.25) is 5.95 Å². The summed E-state index contributed by atoms with van der Waals surface area (Å²) in [5.74, 6) is 3.19. The summed E-state index contributed by atoms with van der Waals surface area (Å²) in [6, 6.07) is 12.5. The topological polar surface area (TPSA) is 65.6 Å². The number of nitrogens with one attached hydrogen (secondary N) is 2. The standard InChI is InChI=1S/C23H32N6OS/c1-17-8-10-28(11-9-17)20-16-21(29-12-14-30-15-13-29)26-22(25-20)27-23(31)24-18(2)19-6-4-3-5-7-19/h3-7,16-18H,8-15H2,1-2H3,(H2,24,25,26,27,31)/t18-/m1/s1. The number of hydrogen-bond acceptors (Lipinski definition) is 6. The predicted molar refractivity (Wildman–Crippen MR) is 130 cm³/mol. The SMILES string of the molecule is CC1CCN(c2cc(N3CCOCC3)nc(NC(=S)N[C@H](C)c3ccccc3)n2)CC1. The molecule has 2 aliphatic heterocycles. The molecule has 1 aromatic carbocycles. The molecule has 166 valence electrons. The summed E-state index contributed by atoms with van der Waals surface area (Å²) in [6.07, 6.45) is 2.38. The lowest BCUT2D eigenvalue weighted by molar-refractivity contribution is 0.122. The fraction of sp³-hybridized carbons (Fsp3) is 0.522. The van der Waals surface area contributed by atoms with E-state index in [1.807, 2.05) is 18.2 Å². The minimum atomic E-state index is 0.0895. The van der Waals surface area contributed by atoms with E-state index >= 15 is 0 Å². The average Bonchev–Trinajstić information content (AvgIpc) is 2.80. The highest BCUT2D eigenvalue weighted by Crippen LogP contribution is 2.26. The van der Waals surface area contributed by atoms with Gasteiger partial charge in [-0.2, -0.15) is 9.97 Å². The zero-order chi connectivity index (χ0) is 21.6. The molecule has 0 unspecified atom stereocenters. The van der Waals surface area contributed by atoms with Gasteiger partial charge < -0.3 is 25.2 Å². The van der Waals surface area contributed by atoms with Crippen molar-refractivity contribution < 1.29 is 4.74 Å². The molecule has 2 aliphatic rings. The number of morpholine rings is 1. The molecule has 2 saturated heterocycles. The van der Waals surface area contributed by atoms with E-state index in [1.54, 1.807) is 0 Å². The van der Waals surface area contributed by atoms with Crippen molar-refractivity contribution in [3.63, 3.8) is 0 Å². The first kappa shape index (κ1) is 21.8. The summed E-state index contributed by atoms with van der Waals surface area (Å²) in [6.45, 7) is 9.56. The Labute approximate surface area is 190 Å². The minimum Gasteiger partial charge on any atom is -0.378 e. The van der Waals surface area contributed by atoms with E-state index in [1.165, 1.54) is 18.4 Å². The number of anilines is 3. The van der Waals surface area contributed by atoms with Gasteiger partial charge in [-0.15, -0.1) is 0 Å². The van der Waals surface area contributed by atoms with Crippen molar-refractivity contribution in [2.45, 2.75) is 32.7 Å². The lowest BCUT2D eigenvalue weighted by Gasteiger charge is -2.33. The summed E-state index contributed by atoms with van der Waals surface area (Å²) < 4.78 is 5.52. The van der Waals surface area contributed by atoms with Crippen LogP contribution in [0.1, 0.15) is 38.3 Å². The third kappa shape index (κ3) is 5.83. The number of benzene rings is 1. The fourth-order valence-electron chi connectivity index (χ4n) is 3.99. The van der Waals surface area contributed by atoms with Crippen LogP contribution in [0.5, 0.6) is 0 Å². The maximum absolute atomic E-state index is 5.58. The molecule has 0 radical (unpaired) electrons. The summed E-state index contributed by atoms with van der Waals surface area (Å²) in [4.78, 5) is 14.2. The second-order valence-corrected chi connectivity index (χ2v) is 8.82. The number of hydrogen-bond donors (Lipinski definition) is 2. The van der Waals surface area contributed by atoms with Crippen LogP contribution in [0.4, 0.5) is 17.6 Å². The molecule has 0 bridgehead atoms. The summed E-state index contributed by atoms with van der Waals surface area (Å²) in [5, 5.41) is 7.09. The van der Waals surface area contributed by atoms with Crippen molar-refractivity contribution in [2.24, 2.45) is 5.92 Å². The Kier molecular flexibility index (Phi) is 7.19.